The first-order chi connectivity index (χ1) is 9.53. The number of rotatable bonds is 4. The van der Waals surface area contributed by atoms with Gasteiger partial charge in [0, 0.05) is 11.1 Å². The van der Waals surface area contributed by atoms with Crippen molar-refractivity contribution in [2.75, 3.05) is 7.11 Å². The number of methoxy groups -OCH3 is 1. The van der Waals surface area contributed by atoms with E-state index < -0.39 is 22.6 Å². The molecule has 0 amide bonds. The molecule has 0 aliphatic carbocycles. The smallest absolute Gasteiger partial charge is 0.332 e. The van der Waals surface area contributed by atoms with E-state index in [0.29, 0.717) is 5.57 Å². The lowest BCUT2D eigenvalue weighted by molar-refractivity contribution is -0.136. The van der Waals surface area contributed by atoms with Crippen molar-refractivity contribution in [3.63, 3.8) is 0 Å². The molecular formula is C15H32O5Si2. The van der Waals surface area contributed by atoms with E-state index in [2.05, 4.69) is 57.2 Å². The summed E-state index contributed by atoms with van der Waals surface area (Å²) in [6.45, 7) is 23.0. The summed E-state index contributed by atoms with van der Waals surface area (Å²) in [5, 5.41) is 7.89. The highest BCUT2D eigenvalue weighted by atomic mass is 28.4. The second-order valence-electron chi connectivity index (χ2n) is 6.68. The highest BCUT2D eigenvalue weighted by Crippen LogP contribution is 2.12. The number of ether oxygens (including phenoxy) is 1. The Hall–Kier alpha value is -1.19. The number of carbonyl (C=O) groups excluding carboxylic acids is 1. The summed E-state index contributed by atoms with van der Waals surface area (Å²) in [7, 11) is -1.13. The molecule has 0 aromatic rings. The molecule has 1 N–H and O–H groups in total. The van der Waals surface area contributed by atoms with Crippen LogP contribution in [0.5, 0.6) is 0 Å². The molecule has 0 heterocycles. The van der Waals surface area contributed by atoms with Gasteiger partial charge in [0.25, 0.3) is 0 Å². The zero-order valence-electron chi connectivity index (χ0n) is 15.5. The van der Waals surface area contributed by atoms with E-state index in [1.54, 1.807) is 6.92 Å². The van der Waals surface area contributed by atoms with Gasteiger partial charge in [-0.2, -0.15) is 0 Å². The number of carbonyl (C=O) groups is 2. The molecule has 7 heteroatoms. The molecule has 0 rings (SSSR count). The lowest BCUT2D eigenvalue weighted by Crippen LogP contribution is -2.39. The Kier molecular flexibility index (Phi) is 13.3. The van der Waals surface area contributed by atoms with Crippen molar-refractivity contribution in [1.29, 1.82) is 0 Å². The van der Waals surface area contributed by atoms with Crippen molar-refractivity contribution in [2.45, 2.75) is 53.1 Å². The highest BCUT2D eigenvalue weighted by molar-refractivity contribution is 6.83. The van der Waals surface area contributed by atoms with Crippen molar-refractivity contribution >= 4 is 28.6 Å². The molecule has 0 radical (unpaired) electrons. The molecule has 0 atom stereocenters. The zero-order valence-corrected chi connectivity index (χ0v) is 17.5. The second kappa shape index (κ2) is 11.4. The Morgan fingerprint density at radius 1 is 0.864 bits per heavy atom. The van der Waals surface area contributed by atoms with Gasteiger partial charge in [0.15, 0.2) is 16.6 Å². The van der Waals surface area contributed by atoms with Crippen molar-refractivity contribution in [2.24, 2.45) is 0 Å². The molecule has 0 fully saturated rings. The van der Waals surface area contributed by atoms with Gasteiger partial charge in [-0.25, -0.2) is 9.59 Å². The van der Waals surface area contributed by atoms with Gasteiger partial charge in [0.05, 0.1) is 7.11 Å². The van der Waals surface area contributed by atoms with E-state index in [4.69, 9.17) is 9.22 Å². The molecule has 0 bridgehead atoms. The normalized spacial score (nSPS) is 10.2. The Labute approximate surface area is 137 Å². The van der Waals surface area contributed by atoms with Gasteiger partial charge in [-0.05, 0) is 53.1 Å². The maximum absolute atomic E-state index is 10.2. The van der Waals surface area contributed by atoms with Crippen LogP contribution in [-0.2, 0) is 18.4 Å². The zero-order chi connectivity index (χ0) is 18.7. The van der Waals surface area contributed by atoms with E-state index in [1.165, 1.54) is 14.0 Å². The average molecular weight is 349 g/mol. The molecule has 0 aromatic carbocycles. The Morgan fingerprint density at radius 2 is 1.14 bits per heavy atom. The largest absolute Gasteiger partial charge is 0.478 e. The number of hydrogen-bond donors (Lipinski definition) is 1. The molecule has 0 aliphatic heterocycles. The van der Waals surface area contributed by atoms with E-state index >= 15 is 0 Å². The van der Waals surface area contributed by atoms with Crippen molar-refractivity contribution in [1.82, 2.24) is 0 Å². The third kappa shape index (κ3) is 27.2. The van der Waals surface area contributed by atoms with Gasteiger partial charge in [-0.3, -0.25) is 0 Å². The predicted molar refractivity (Wildman–Crippen MR) is 97.1 cm³/mol. The third-order valence-corrected chi connectivity index (χ3v) is 6.41. The Morgan fingerprint density at radius 3 is 1.14 bits per heavy atom. The second-order valence-corrected chi connectivity index (χ2v) is 16.0. The molecule has 0 saturated carbocycles. The molecule has 0 aromatic heterocycles. The molecule has 22 heavy (non-hydrogen) atoms. The van der Waals surface area contributed by atoms with Crippen molar-refractivity contribution in [3.8, 4) is 0 Å². The number of hydrogen-bond acceptors (Lipinski definition) is 4. The number of aliphatic carboxylic acids is 1. The summed E-state index contributed by atoms with van der Waals surface area (Å²) in [4.78, 5) is 19.8. The van der Waals surface area contributed by atoms with E-state index in [9.17, 15) is 9.59 Å². The van der Waals surface area contributed by atoms with Gasteiger partial charge < -0.3 is 14.0 Å². The molecule has 130 valence electrons. The van der Waals surface area contributed by atoms with Gasteiger partial charge in [0.2, 0.25) is 0 Å². The maximum Gasteiger partial charge on any atom is 0.332 e. The number of carboxylic acid groups (broad SMARTS) is 1. The van der Waals surface area contributed by atoms with Crippen LogP contribution in [0.1, 0.15) is 13.8 Å². The quantitative estimate of drug-likeness (QED) is 0.471. The fourth-order valence-corrected chi connectivity index (χ4v) is 8.44. The first-order valence-corrected chi connectivity index (χ1v) is 13.7. The van der Waals surface area contributed by atoms with Crippen LogP contribution in [0.15, 0.2) is 24.3 Å². The molecule has 0 spiro atoms. The minimum absolute atomic E-state index is 0.176. The average Bonchev–Trinajstić information content (AvgIpc) is 2.24. The van der Waals surface area contributed by atoms with Gasteiger partial charge in [0.1, 0.15) is 0 Å². The monoisotopic (exact) mass is 348 g/mol. The molecule has 0 aliphatic rings. The summed E-state index contributed by atoms with van der Waals surface area (Å²) in [6.07, 6.45) is 0. The van der Waals surface area contributed by atoms with Crippen LogP contribution in [-0.4, -0.2) is 40.8 Å². The standard InChI is InChI=1S/C6H18OSi2.C5H8O2.C4H6O2/c1-8(2,3)7-9(4,5)6;1-4(2)5(6)7-3;1-3(2)4(5)6/h1-6H3;1H2,2-3H3;1H2,2H3,(H,5,6). The lowest BCUT2D eigenvalue weighted by Gasteiger charge is -2.27. The van der Waals surface area contributed by atoms with Gasteiger partial charge >= 0.3 is 11.9 Å². The third-order valence-electron chi connectivity index (χ3n) is 1.51. The fraction of sp³-hybridized carbons (Fsp3) is 0.600. The SMILES string of the molecule is C=C(C)C(=O)O.C=C(C)C(=O)OC.C[Si](C)(C)O[Si](C)(C)C. The van der Waals surface area contributed by atoms with Crippen LogP contribution < -0.4 is 0 Å². The van der Waals surface area contributed by atoms with Crippen LogP contribution >= 0.6 is 0 Å². The van der Waals surface area contributed by atoms with E-state index in [1.807, 2.05) is 0 Å². The number of esters is 1. The van der Waals surface area contributed by atoms with Crippen LogP contribution in [0, 0.1) is 0 Å². The van der Waals surface area contributed by atoms with E-state index in [0.717, 1.165) is 0 Å². The summed E-state index contributed by atoms with van der Waals surface area (Å²) < 4.78 is 10.2. The summed E-state index contributed by atoms with van der Waals surface area (Å²) in [6, 6.07) is 0. The van der Waals surface area contributed by atoms with Gasteiger partial charge in [-0.1, -0.05) is 13.2 Å². The maximum atomic E-state index is 10.2. The Balaban J connectivity index is -0.000000252. The predicted octanol–water partition coefficient (Wildman–Crippen LogP) is 4.06. The lowest BCUT2D eigenvalue weighted by atomic mass is 10.4. The fourth-order valence-electron chi connectivity index (χ4n) is 1.09. The molecular weight excluding hydrogens is 316 g/mol. The Bertz CT molecular complexity index is 366. The topological polar surface area (TPSA) is 72.8 Å². The first-order valence-electron chi connectivity index (χ1n) is 6.86. The number of carboxylic acids is 1. The summed E-state index contributed by atoms with van der Waals surface area (Å²) >= 11 is 0. The van der Waals surface area contributed by atoms with Crippen molar-refractivity contribution in [3.05, 3.63) is 24.3 Å². The summed E-state index contributed by atoms with van der Waals surface area (Å²) in [5.74, 6) is -1.28. The van der Waals surface area contributed by atoms with Crippen LogP contribution in [0.25, 0.3) is 0 Å². The van der Waals surface area contributed by atoms with Gasteiger partial charge in [-0.15, -0.1) is 0 Å². The minimum Gasteiger partial charge on any atom is -0.478 e. The molecule has 0 saturated heterocycles. The minimum atomic E-state index is -1.23. The highest BCUT2D eigenvalue weighted by Gasteiger charge is 2.24. The molecule has 0 unspecified atom stereocenters. The van der Waals surface area contributed by atoms with Crippen LogP contribution in [0.2, 0.25) is 39.3 Å². The van der Waals surface area contributed by atoms with Crippen molar-refractivity contribution < 1.29 is 23.5 Å². The molecule has 5 nitrogen and oxygen atoms in total. The first kappa shape index (κ1) is 25.7. The van der Waals surface area contributed by atoms with Crippen LogP contribution in [0.4, 0.5) is 0 Å². The summed E-state index contributed by atoms with van der Waals surface area (Å²) in [5.41, 5.74) is 0.609. The van der Waals surface area contributed by atoms with Crippen LogP contribution in [0.3, 0.4) is 0 Å². The van der Waals surface area contributed by atoms with E-state index in [-0.39, 0.29) is 11.5 Å².